The van der Waals surface area contributed by atoms with Crippen LogP contribution in [0.1, 0.15) is 69.2 Å². The maximum absolute atomic E-state index is 6.13. The van der Waals surface area contributed by atoms with Gasteiger partial charge in [0.25, 0.3) is 0 Å². The maximum Gasteiger partial charge on any atom is 0.151 e. The van der Waals surface area contributed by atoms with Crippen molar-refractivity contribution in [2.24, 2.45) is 5.41 Å². The summed E-state index contributed by atoms with van der Waals surface area (Å²) in [7, 11) is 0. The van der Waals surface area contributed by atoms with Crippen LogP contribution >= 0.6 is 0 Å². The lowest BCUT2D eigenvalue weighted by Gasteiger charge is -2.41. The third-order valence-corrected chi connectivity index (χ3v) is 8.29. The molecule has 2 aliphatic heterocycles. The van der Waals surface area contributed by atoms with Crippen molar-refractivity contribution in [2.45, 2.75) is 76.4 Å². The van der Waals surface area contributed by atoms with Crippen molar-refractivity contribution < 1.29 is 9.47 Å². The number of rotatable bonds is 6. The molecule has 2 aliphatic carbocycles. The van der Waals surface area contributed by atoms with Gasteiger partial charge in [-0.2, -0.15) is 10.2 Å². The Morgan fingerprint density at radius 2 is 1.97 bits per heavy atom. The highest BCUT2D eigenvalue weighted by molar-refractivity contribution is 5.44. The van der Waals surface area contributed by atoms with Gasteiger partial charge in [-0.1, -0.05) is 6.92 Å². The SMILES string of the molecule is Cc1cc(C2CC2)n(-c2cnnc(NC3CCC(C)(CN4CCC5(COCCO5)C4)CC3)c2)n1. The van der Waals surface area contributed by atoms with Gasteiger partial charge in [0.05, 0.1) is 37.4 Å². The van der Waals surface area contributed by atoms with Gasteiger partial charge in [-0.3, -0.25) is 4.90 Å². The second-order valence-corrected chi connectivity index (χ2v) is 11.5. The molecule has 8 nitrogen and oxygen atoms in total. The minimum Gasteiger partial charge on any atom is -0.376 e. The van der Waals surface area contributed by atoms with Gasteiger partial charge in [0.1, 0.15) is 5.60 Å². The van der Waals surface area contributed by atoms with Crippen LogP contribution in [0.4, 0.5) is 5.82 Å². The second-order valence-electron chi connectivity index (χ2n) is 11.5. The summed E-state index contributed by atoms with van der Waals surface area (Å²) in [5.41, 5.74) is 3.68. The van der Waals surface area contributed by atoms with Gasteiger partial charge in [0, 0.05) is 43.4 Å². The van der Waals surface area contributed by atoms with Crippen molar-refractivity contribution in [3.63, 3.8) is 0 Å². The molecule has 4 fully saturated rings. The van der Waals surface area contributed by atoms with Crippen LogP contribution in [0.3, 0.4) is 0 Å². The molecule has 1 spiro atoms. The molecule has 0 amide bonds. The summed E-state index contributed by atoms with van der Waals surface area (Å²) < 4.78 is 13.9. The Morgan fingerprint density at radius 3 is 2.74 bits per heavy atom. The first kappa shape index (κ1) is 22.4. The molecular weight excluding hydrogens is 428 g/mol. The zero-order chi connectivity index (χ0) is 23.2. The summed E-state index contributed by atoms with van der Waals surface area (Å²) in [6.07, 6.45) is 10.2. The zero-order valence-corrected chi connectivity index (χ0v) is 20.6. The van der Waals surface area contributed by atoms with Crippen molar-refractivity contribution >= 4 is 5.82 Å². The van der Waals surface area contributed by atoms with E-state index >= 15 is 0 Å². The van der Waals surface area contributed by atoms with E-state index in [4.69, 9.17) is 14.6 Å². The van der Waals surface area contributed by atoms with Crippen molar-refractivity contribution in [1.29, 1.82) is 0 Å². The number of nitrogens with zero attached hydrogens (tertiary/aromatic N) is 5. The number of likely N-dealkylation sites (tertiary alicyclic amines) is 1. The lowest BCUT2D eigenvalue weighted by atomic mass is 9.73. The lowest BCUT2D eigenvalue weighted by Crippen LogP contribution is -2.47. The fraction of sp³-hybridized carbons (Fsp3) is 0.731. The Morgan fingerprint density at radius 1 is 1.12 bits per heavy atom. The molecule has 1 N–H and O–H groups in total. The third kappa shape index (κ3) is 4.72. The summed E-state index contributed by atoms with van der Waals surface area (Å²) in [6.45, 7) is 10.1. The summed E-state index contributed by atoms with van der Waals surface area (Å²) in [6, 6.07) is 4.76. The van der Waals surface area contributed by atoms with E-state index in [1.54, 1.807) is 0 Å². The highest BCUT2D eigenvalue weighted by Gasteiger charge is 2.43. The molecule has 2 saturated carbocycles. The number of hydrogen-bond donors (Lipinski definition) is 1. The Hall–Kier alpha value is -2.03. The standard InChI is InChI=1S/C26H38N6O2/c1-19-13-23(20-3-4-20)32(30-19)22-14-24(29-27-15-22)28-21-5-7-25(2,8-6-21)16-31-10-9-26(17-31)18-33-11-12-34-26/h13-15,20-21H,3-12,16-18H2,1-2H3,(H,28,29). The molecule has 0 bridgehead atoms. The van der Waals surface area contributed by atoms with Crippen molar-refractivity contribution in [3.8, 4) is 5.69 Å². The van der Waals surface area contributed by atoms with Crippen LogP contribution in [-0.4, -0.2) is 76.0 Å². The molecule has 2 aromatic rings. The molecule has 2 aromatic heterocycles. The minimum absolute atomic E-state index is 0.0520. The summed E-state index contributed by atoms with van der Waals surface area (Å²) in [5.74, 6) is 1.50. The maximum atomic E-state index is 6.13. The van der Waals surface area contributed by atoms with Crippen molar-refractivity contribution in [1.82, 2.24) is 24.9 Å². The van der Waals surface area contributed by atoms with Crippen LogP contribution in [0.2, 0.25) is 0 Å². The van der Waals surface area contributed by atoms with Crippen LogP contribution in [0.15, 0.2) is 18.3 Å². The normalized spacial score (nSPS) is 32.4. The highest BCUT2D eigenvalue weighted by atomic mass is 16.6. The largest absolute Gasteiger partial charge is 0.376 e. The molecular formula is C26H38N6O2. The first-order chi connectivity index (χ1) is 16.5. The number of nitrogens with one attached hydrogen (secondary N) is 1. The van der Waals surface area contributed by atoms with Crippen LogP contribution in [-0.2, 0) is 9.47 Å². The predicted octanol–water partition coefficient (Wildman–Crippen LogP) is 3.70. The number of hydrogen-bond acceptors (Lipinski definition) is 7. The van der Waals surface area contributed by atoms with Gasteiger partial charge in [-0.25, -0.2) is 4.68 Å². The number of aromatic nitrogens is 4. The van der Waals surface area contributed by atoms with Gasteiger partial charge < -0.3 is 14.8 Å². The van der Waals surface area contributed by atoms with E-state index in [1.807, 2.05) is 6.20 Å². The summed E-state index contributed by atoms with van der Waals surface area (Å²) in [4.78, 5) is 2.61. The number of ether oxygens (including phenoxy) is 2. The number of aryl methyl sites for hydroxylation is 1. The molecule has 1 unspecified atom stereocenters. The monoisotopic (exact) mass is 466 g/mol. The van der Waals surface area contributed by atoms with Crippen LogP contribution < -0.4 is 5.32 Å². The van der Waals surface area contributed by atoms with Crippen molar-refractivity contribution in [3.05, 3.63) is 29.7 Å². The fourth-order valence-electron chi connectivity index (χ4n) is 6.22. The summed E-state index contributed by atoms with van der Waals surface area (Å²) in [5, 5.41) is 17.1. The quantitative estimate of drug-likeness (QED) is 0.696. The van der Waals surface area contributed by atoms with Gasteiger partial charge in [-0.15, -0.1) is 5.10 Å². The Labute approximate surface area is 202 Å². The molecule has 4 aliphatic rings. The van der Waals surface area contributed by atoms with Gasteiger partial charge in [0.15, 0.2) is 5.82 Å². The summed E-state index contributed by atoms with van der Waals surface area (Å²) >= 11 is 0. The molecule has 0 aromatic carbocycles. The fourth-order valence-corrected chi connectivity index (χ4v) is 6.22. The van der Waals surface area contributed by atoms with E-state index in [-0.39, 0.29) is 5.60 Å². The van der Waals surface area contributed by atoms with Crippen molar-refractivity contribution in [2.75, 3.05) is 44.8 Å². The molecule has 8 heteroatoms. The first-order valence-electron chi connectivity index (χ1n) is 13.1. The molecule has 2 saturated heterocycles. The molecule has 0 radical (unpaired) electrons. The highest BCUT2D eigenvalue weighted by Crippen LogP contribution is 2.42. The smallest absolute Gasteiger partial charge is 0.151 e. The van der Waals surface area contributed by atoms with E-state index in [0.717, 1.165) is 75.9 Å². The van der Waals surface area contributed by atoms with Gasteiger partial charge in [-0.05, 0) is 63.4 Å². The Kier molecular flexibility index (Phi) is 5.86. The van der Waals surface area contributed by atoms with Crippen LogP contribution in [0, 0.1) is 12.3 Å². The van der Waals surface area contributed by atoms with Gasteiger partial charge >= 0.3 is 0 Å². The van der Waals surface area contributed by atoms with E-state index < -0.39 is 0 Å². The van der Waals surface area contributed by atoms with E-state index in [9.17, 15) is 0 Å². The molecule has 6 rings (SSSR count). The van der Waals surface area contributed by atoms with Crippen LogP contribution in [0.5, 0.6) is 0 Å². The second kappa shape index (κ2) is 8.88. The molecule has 34 heavy (non-hydrogen) atoms. The average Bonchev–Trinajstić information content (AvgIpc) is 3.51. The third-order valence-electron chi connectivity index (χ3n) is 8.29. The average molecular weight is 467 g/mol. The first-order valence-corrected chi connectivity index (χ1v) is 13.1. The van der Waals surface area contributed by atoms with E-state index in [2.05, 4.69) is 51.1 Å². The Bertz CT molecular complexity index is 1000. The topological polar surface area (TPSA) is 77.3 Å². The number of anilines is 1. The van der Waals surface area contributed by atoms with Crippen LogP contribution in [0.25, 0.3) is 5.69 Å². The molecule has 4 heterocycles. The molecule has 1 atom stereocenters. The molecule has 184 valence electrons. The van der Waals surface area contributed by atoms with E-state index in [1.165, 1.54) is 31.4 Å². The van der Waals surface area contributed by atoms with Gasteiger partial charge in [0.2, 0.25) is 0 Å². The van der Waals surface area contributed by atoms with E-state index in [0.29, 0.717) is 17.4 Å². The zero-order valence-electron chi connectivity index (χ0n) is 20.6. The Balaban J connectivity index is 1.05. The lowest BCUT2D eigenvalue weighted by molar-refractivity contribution is -0.150. The predicted molar refractivity (Wildman–Crippen MR) is 130 cm³/mol. The minimum atomic E-state index is -0.0520.